The number of alkyl halides is 3. The molecule has 0 saturated carbocycles. The first-order valence-corrected chi connectivity index (χ1v) is 9.69. The number of quaternary nitrogens is 1. The summed E-state index contributed by atoms with van der Waals surface area (Å²) in [5, 5.41) is 10.5. The van der Waals surface area contributed by atoms with E-state index in [1.165, 1.54) is 36.4 Å². The van der Waals surface area contributed by atoms with E-state index in [0.29, 0.717) is 26.3 Å². The molecule has 0 aliphatic carbocycles. The molecule has 1 fully saturated rings. The molecule has 0 atom stereocenters. The second-order valence-electron chi connectivity index (χ2n) is 7.12. The van der Waals surface area contributed by atoms with Gasteiger partial charge in [0.2, 0.25) is 11.2 Å². The van der Waals surface area contributed by atoms with Crippen LogP contribution in [0.2, 0.25) is 5.02 Å². The van der Waals surface area contributed by atoms with Gasteiger partial charge in [-0.1, -0.05) is 23.7 Å². The highest BCUT2D eigenvalue weighted by Gasteiger charge is 2.40. The monoisotopic (exact) mass is 440 g/mol. The van der Waals surface area contributed by atoms with E-state index >= 15 is 0 Å². The standard InChI is InChI=1S/C21H17ClF3NO4/c22-13-3-1-2-12(10-13)17-18(28)14-4-5-16(27)15(11-26-6-8-29-9-7-26)19(14)30-20(17)21(23,24)25/h1-5,10,27H,6-9,11H2/p+1. The average Bonchev–Trinajstić information content (AvgIpc) is 2.70. The Bertz CT molecular complexity index is 1150. The first-order valence-electron chi connectivity index (χ1n) is 9.32. The van der Waals surface area contributed by atoms with Crippen molar-refractivity contribution >= 4 is 22.6 Å². The molecule has 2 N–H and O–H groups in total. The van der Waals surface area contributed by atoms with Crippen molar-refractivity contribution in [1.82, 2.24) is 0 Å². The molecular weight excluding hydrogens is 423 g/mol. The Kier molecular flexibility index (Phi) is 5.48. The second-order valence-corrected chi connectivity index (χ2v) is 7.56. The Labute approximate surface area is 174 Å². The third kappa shape index (κ3) is 3.90. The van der Waals surface area contributed by atoms with Crippen molar-refractivity contribution in [2.45, 2.75) is 12.7 Å². The minimum absolute atomic E-state index is 0.0129. The summed E-state index contributed by atoms with van der Waals surface area (Å²) in [6.07, 6.45) is -4.92. The number of phenols is 1. The maximum Gasteiger partial charge on any atom is 0.450 e. The van der Waals surface area contributed by atoms with Crippen molar-refractivity contribution < 1.29 is 32.3 Å². The van der Waals surface area contributed by atoms with Crippen LogP contribution in [0.3, 0.4) is 0 Å². The number of hydrogen-bond donors (Lipinski definition) is 2. The van der Waals surface area contributed by atoms with Crippen LogP contribution in [0.1, 0.15) is 11.3 Å². The second kappa shape index (κ2) is 7.94. The first-order chi connectivity index (χ1) is 14.3. The Morgan fingerprint density at radius 1 is 1.13 bits per heavy atom. The van der Waals surface area contributed by atoms with Gasteiger partial charge in [0.05, 0.1) is 29.7 Å². The molecule has 0 spiro atoms. The van der Waals surface area contributed by atoms with E-state index < -0.39 is 22.9 Å². The minimum atomic E-state index is -4.92. The molecule has 1 aromatic heterocycles. The van der Waals surface area contributed by atoms with Crippen molar-refractivity contribution in [3.05, 3.63) is 63.0 Å². The van der Waals surface area contributed by atoms with Gasteiger partial charge < -0.3 is 19.2 Å². The van der Waals surface area contributed by atoms with E-state index in [9.17, 15) is 23.1 Å². The van der Waals surface area contributed by atoms with Gasteiger partial charge >= 0.3 is 6.18 Å². The highest BCUT2D eigenvalue weighted by Crippen LogP contribution is 2.39. The van der Waals surface area contributed by atoms with Gasteiger partial charge in [0.1, 0.15) is 25.4 Å². The normalized spacial score (nSPS) is 15.6. The maximum atomic E-state index is 13.9. The van der Waals surface area contributed by atoms with Gasteiger partial charge in [-0.15, -0.1) is 0 Å². The molecule has 0 unspecified atom stereocenters. The summed E-state index contributed by atoms with van der Waals surface area (Å²) < 4.78 is 52.3. The molecule has 1 aliphatic heterocycles. The molecule has 1 aliphatic rings. The molecule has 9 heteroatoms. The molecule has 4 rings (SSSR count). The lowest BCUT2D eigenvalue weighted by Crippen LogP contribution is -3.12. The fourth-order valence-corrected chi connectivity index (χ4v) is 3.86. The summed E-state index contributed by atoms with van der Waals surface area (Å²) in [4.78, 5) is 14.2. The summed E-state index contributed by atoms with van der Waals surface area (Å²) in [5.41, 5.74) is -1.50. The quantitative estimate of drug-likeness (QED) is 0.656. The van der Waals surface area contributed by atoms with Gasteiger partial charge in [-0.3, -0.25) is 4.79 Å². The molecule has 158 valence electrons. The summed E-state index contributed by atoms with van der Waals surface area (Å²) in [5.74, 6) is -1.63. The van der Waals surface area contributed by atoms with Crippen molar-refractivity contribution in [3.63, 3.8) is 0 Å². The van der Waals surface area contributed by atoms with E-state index in [-0.39, 0.29) is 39.4 Å². The zero-order valence-electron chi connectivity index (χ0n) is 15.7. The largest absolute Gasteiger partial charge is 0.507 e. The number of aromatic hydroxyl groups is 1. The Hall–Kier alpha value is -2.55. The van der Waals surface area contributed by atoms with Crippen LogP contribution >= 0.6 is 11.6 Å². The lowest BCUT2D eigenvalue weighted by molar-refractivity contribution is -0.921. The van der Waals surface area contributed by atoms with Crippen LogP contribution in [0.25, 0.3) is 22.1 Å². The molecule has 5 nitrogen and oxygen atoms in total. The topological polar surface area (TPSA) is 64.1 Å². The molecule has 2 heterocycles. The van der Waals surface area contributed by atoms with Crippen LogP contribution in [0.5, 0.6) is 5.75 Å². The van der Waals surface area contributed by atoms with Gasteiger partial charge in [-0.2, -0.15) is 13.2 Å². The number of phenolic OH excluding ortho intramolecular Hbond substituents is 1. The number of nitrogens with one attached hydrogen (secondary N) is 1. The highest BCUT2D eigenvalue weighted by molar-refractivity contribution is 6.30. The molecule has 0 amide bonds. The Morgan fingerprint density at radius 3 is 2.53 bits per heavy atom. The van der Waals surface area contributed by atoms with Crippen LogP contribution < -0.4 is 10.3 Å². The van der Waals surface area contributed by atoms with Gasteiger partial charge in [0.25, 0.3) is 0 Å². The predicted octanol–water partition coefficient (Wildman–Crippen LogP) is 3.25. The summed E-state index contributed by atoms with van der Waals surface area (Å²) in [7, 11) is 0. The molecule has 30 heavy (non-hydrogen) atoms. The van der Waals surface area contributed by atoms with Gasteiger partial charge in [0.15, 0.2) is 5.58 Å². The van der Waals surface area contributed by atoms with E-state index in [4.69, 9.17) is 20.8 Å². The predicted molar refractivity (Wildman–Crippen MR) is 105 cm³/mol. The van der Waals surface area contributed by atoms with Crippen LogP contribution in [0.15, 0.2) is 45.6 Å². The number of morpholine rings is 1. The molecule has 2 aromatic carbocycles. The van der Waals surface area contributed by atoms with E-state index in [0.717, 1.165) is 4.90 Å². The maximum absolute atomic E-state index is 13.9. The van der Waals surface area contributed by atoms with Crippen LogP contribution in [0.4, 0.5) is 13.2 Å². The number of ether oxygens (including phenoxy) is 1. The smallest absolute Gasteiger partial charge is 0.450 e. The number of benzene rings is 2. The lowest BCUT2D eigenvalue weighted by atomic mass is 10.00. The third-order valence-electron chi connectivity index (χ3n) is 5.14. The molecule has 0 radical (unpaired) electrons. The molecular formula is C21H18ClF3NO4+. The van der Waals surface area contributed by atoms with Crippen LogP contribution in [-0.4, -0.2) is 31.4 Å². The van der Waals surface area contributed by atoms with E-state index in [1.54, 1.807) is 0 Å². The van der Waals surface area contributed by atoms with Crippen molar-refractivity contribution in [1.29, 1.82) is 0 Å². The number of rotatable bonds is 3. The number of hydrogen-bond acceptors (Lipinski definition) is 4. The summed E-state index contributed by atoms with van der Waals surface area (Å²) >= 11 is 5.93. The third-order valence-corrected chi connectivity index (χ3v) is 5.37. The van der Waals surface area contributed by atoms with Crippen LogP contribution in [0, 0.1) is 0 Å². The van der Waals surface area contributed by atoms with Crippen LogP contribution in [-0.2, 0) is 17.5 Å². The number of halogens is 4. The van der Waals surface area contributed by atoms with Crippen molar-refractivity contribution in [3.8, 4) is 16.9 Å². The Balaban J connectivity index is 1.97. The minimum Gasteiger partial charge on any atom is -0.507 e. The molecule has 1 saturated heterocycles. The zero-order valence-corrected chi connectivity index (χ0v) is 16.4. The van der Waals surface area contributed by atoms with Gasteiger partial charge in [-0.25, -0.2) is 0 Å². The van der Waals surface area contributed by atoms with Crippen molar-refractivity contribution in [2.24, 2.45) is 0 Å². The van der Waals surface area contributed by atoms with Gasteiger partial charge in [-0.05, 0) is 29.8 Å². The fraction of sp³-hybridized carbons (Fsp3) is 0.286. The van der Waals surface area contributed by atoms with E-state index in [1.807, 2.05) is 0 Å². The zero-order chi connectivity index (χ0) is 21.5. The summed E-state index contributed by atoms with van der Waals surface area (Å²) in [6, 6.07) is 8.21. The lowest BCUT2D eigenvalue weighted by Gasteiger charge is -2.24. The molecule has 3 aromatic rings. The first kappa shape index (κ1) is 20.7. The number of fused-ring (bicyclic) bond motifs is 1. The highest BCUT2D eigenvalue weighted by atomic mass is 35.5. The summed E-state index contributed by atoms with van der Waals surface area (Å²) in [6.45, 7) is 2.50. The Morgan fingerprint density at radius 2 is 1.87 bits per heavy atom. The fourth-order valence-electron chi connectivity index (χ4n) is 3.67. The SMILES string of the molecule is O=c1c(-c2cccc(Cl)c2)c(C(F)(F)F)oc2c(C[NH+]3CCOCC3)c(O)ccc12. The van der Waals surface area contributed by atoms with Crippen molar-refractivity contribution in [2.75, 3.05) is 26.3 Å². The average molecular weight is 441 g/mol. The van der Waals surface area contributed by atoms with Gasteiger partial charge in [0, 0.05) is 5.02 Å². The molecule has 0 bridgehead atoms. The van der Waals surface area contributed by atoms with E-state index in [2.05, 4.69) is 0 Å².